The Hall–Kier alpha value is -2.10. The largest absolute Gasteiger partial charge is 0.416 e. The molecule has 10 heteroatoms. The Morgan fingerprint density at radius 2 is 1.93 bits per heavy atom. The van der Waals surface area contributed by atoms with Crippen molar-refractivity contribution in [2.24, 2.45) is 5.73 Å². The SMILES string of the molecule is Cl.NCc1cc(NC(=O)CCCNC(=O)c2ccsc2)cc(C(F)(F)F)c1. The van der Waals surface area contributed by atoms with Gasteiger partial charge in [-0.15, -0.1) is 12.4 Å². The van der Waals surface area contributed by atoms with Crippen molar-refractivity contribution in [3.8, 4) is 0 Å². The molecule has 0 unspecified atom stereocenters. The van der Waals surface area contributed by atoms with E-state index in [1.807, 2.05) is 0 Å². The number of alkyl halides is 3. The maximum Gasteiger partial charge on any atom is 0.416 e. The van der Waals surface area contributed by atoms with Gasteiger partial charge in [0, 0.05) is 36.1 Å². The first kappa shape index (κ1) is 22.9. The molecule has 0 saturated heterocycles. The Morgan fingerprint density at radius 3 is 2.52 bits per heavy atom. The quantitative estimate of drug-likeness (QED) is 0.594. The van der Waals surface area contributed by atoms with Crippen LogP contribution < -0.4 is 16.4 Å². The first-order chi connectivity index (χ1) is 12.3. The van der Waals surface area contributed by atoms with Gasteiger partial charge < -0.3 is 16.4 Å². The Labute approximate surface area is 164 Å². The highest BCUT2D eigenvalue weighted by atomic mass is 35.5. The number of halogens is 4. The maximum atomic E-state index is 12.9. The lowest BCUT2D eigenvalue weighted by atomic mass is 10.1. The lowest BCUT2D eigenvalue weighted by Gasteiger charge is -2.12. The van der Waals surface area contributed by atoms with E-state index in [1.165, 1.54) is 17.4 Å². The van der Waals surface area contributed by atoms with Crippen molar-refractivity contribution in [1.29, 1.82) is 0 Å². The molecule has 0 saturated carbocycles. The lowest BCUT2D eigenvalue weighted by Crippen LogP contribution is -2.25. The predicted molar refractivity (Wildman–Crippen MR) is 101 cm³/mol. The highest BCUT2D eigenvalue weighted by Crippen LogP contribution is 2.32. The number of rotatable bonds is 7. The van der Waals surface area contributed by atoms with Crippen molar-refractivity contribution >= 4 is 41.2 Å². The monoisotopic (exact) mass is 421 g/mol. The minimum Gasteiger partial charge on any atom is -0.352 e. The highest BCUT2D eigenvalue weighted by Gasteiger charge is 2.31. The zero-order valence-corrected chi connectivity index (χ0v) is 15.8. The van der Waals surface area contributed by atoms with Crippen LogP contribution in [0.4, 0.5) is 18.9 Å². The molecular weight excluding hydrogens is 403 g/mol. The summed E-state index contributed by atoms with van der Waals surface area (Å²) in [5, 5.41) is 8.61. The fraction of sp³-hybridized carbons (Fsp3) is 0.294. The van der Waals surface area contributed by atoms with Crippen LogP contribution in [0.25, 0.3) is 0 Å². The molecule has 0 aliphatic rings. The summed E-state index contributed by atoms with van der Waals surface area (Å²) in [5.74, 6) is -0.658. The van der Waals surface area contributed by atoms with E-state index >= 15 is 0 Å². The number of hydrogen-bond donors (Lipinski definition) is 3. The maximum absolute atomic E-state index is 12.9. The Morgan fingerprint density at radius 1 is 1.19 bits per heavy atom. The lowest BCUT2D eigenvalue weighted by molar-refractivity contribution is -0.137. The average Bonchev–Trinajstić information content (AvgIpc) is 3.12. The van der Waals surface area contributed by atoms with E-state index < -0.39 is 17.6 Å². The van der Waals surface area contributed by atoms with Crippen LogP contribution in [0.3, 0.4) is 0 Å². The molecule has 0 bridgehead atoms. The van der Waals surface area contributed by atoms with E-state index in [0.717, 1.165) is 12.1 Å². The molecule has 1 heterocycles. The summed E-state index contributed by atoms with van der Waals surface area (Å²) in [6, 6.07) is 4.92. The molecule has 148 valence electrons. The third kappa shape index (κ3) is 7.20. The van der Waals surface area contributed by atoms with Crippen LogP contribution in [-0.2, 0) is 17.5 Å². The molecule has 1 aromatic carbocycles. The topological polar surface area (TPSA) is 84.2 Å². The minimum atomic E-state index is -4.52. The first-order valence-corrected chi connectivity index (χ1v) is 8.75. The number of anilines is 1. The van der Waals surface area contributed by atoms with Crippen molar-refractivity contribution < 1.29 is 22.8 Å². The van der Waals surface area contributed by atoms with Crippen molar-refractivity contribution in [3.63, 3.8) is 0 Å². The molecule has 27 heavy (non-hydrogen) atoms. The highest BCUT2D eigenvalue weighted by molar-refractivity contribution is 7.08. The molecule has 0 aliphatic heterocycles. The van der Waals surface area contributed by atoms with E-state index in [0.29, 0.717) is 18.5 Å². The van der Waals surface area contributed by atoms with Crippen LogP contribution in [-0.4, -0.2) is 18.4 Å². The summed E-state index contributed by atoms with van der Waals surface area (Å²) in [4.78, 5) is 23.6. The Kier molecular flexibility index (Phi) is 8.74. The number of nitrogens with one attached hydrogen (secondary N) is 2. The van der Waals surface area contributed by atoms with Gasteiger partial charge in [0.15, 0.2) is 0 Å². The van der Waals surface area contributed by atoms with Crippen LogP contribution in [0, 0.1) is 0 Å². The zero-order chi connectivity index (χ0) is 19.2. The molecule has 0 atom stereocenters. The number of benzene rings is 1. The number of thiophene rings is 1. The molecule has 0 aliphatic carbocycles. The second kappa shape index (κ2) is 10.3. The number of carbonyl (C=O) groups excluding carboxylic acids is 2. The normalized spacial score (nSPS) is 10.8. The summed E-state index contributed by atoms with van der Waals surface area (Å²) in [6.45, 7) is 0.222. The molecule has 2 amide bonds. The summed E-state index contributed by atoms with van der Waals surface area (Å²) in [7, 11) is 0. The van der Waals surface area contributed by atoms with Crippen LogP contribution in [0.1, 0.15) is 34.3 Å². The molecule has 0 fully saturated rings. The molecule has 2 aromatic rings. The molecule has 5 nitrogen and oxygen atoms in total. The van der Waals surface area contributed by atoms with Crippen LogP contribution in [0.2, 0.25) is 0 Å². The average molecular weight is 422 g/mol. The van der Waals surface area contributed by atoms with E-state index in [4.69, 9.17) is 5.73 Å². The van der Waals surface area contributed by atoms with Crippen molar-refractivity contribution in [2.45, 2.75) is 25.6 Å². The van der Waals surface area contributed by atoms with Gasteiger partial charge in [0.1, 0.15) is 0 Å². The molecule has 0 radical (unpaired) electrons. The van der Waals surface area contributed by atoms with Crippen LogP contribution in [0.5, 0.6) is 0 Å². The first-order valence-electron chi connectivity index (χ1n) is 7.81. The van der Waals surface area contributed by atoms with Gasteiger partial charge >= 0.3 is 6.18 Å². The Bertz CT molecular complexity index is 767. The molecular formula is C17H19ClF3N3O2S. The fourth-order valence-electron chi connectivity index (χ4n) is 2.22. The number of hydrogen-bond acceptors (Lipinski definition) is 4. The standard InChI is InChI=1S/C17H18F3N3O2S.ClH/c18-17(19,20)13-6-11(9-21)7-14(8-13)23-15(24)2-1-4-22-16(25)12-3-5-26-10-12;/h3,5-8,10H,1-2,4,9,21H2,(H,22,25)(H,23,24);1H. The van der Waals surface area contributed by atoms with E-state index in [1.54, 1.807) is 16.8 Å². The van der Waals surface area contributed by atoms with Crippen molar-refractivity contribution in [2.75, 3.05) is 11.9 Å². The summed E-state index contributed by atoms with van der Waals surface area (Å²) in [5.41, 5.74) is 5.42. The van der Waals surface area contributed by atoms with E-state index in [2.05, 4.69) is 10.6 Å². The smallest absolute Gasteiger partial charge is 0.352 e. The second-order valence-corrected chi connectivity index (χ2v) is 6.32. The summed E-state index contributed by atoms with van der Waals surface area (Å²) >= 11 is 1.41. The Balaban J connectivity index is 0.00000364. The molecule has 4 N–H and O–H groups in total. The van der Waals surface area contributed by atoms with Gasteiger partial charge in [0.05, 0.1) is 5.56 Å². The molecule has 0 spiro atoms. The number of carbonyl (C=O) groups is 2. The summed E-state index contributed by atoms with van der Waals surface area (Å²) < 4.78 is 38.6. The van der Waals surface area contributed by atoms with Crippen molar-refractivity contribution in [1.82, 2.24) is 5.32 Å². The van der Waals surface area contributed by atoms with Crippen LogP contribution in [0.15, 0.2) is 35.0 Å². The second-order valence-electron chi connectivity index (χ2n) is 5.54. The summed E-state index contributed by atoms with van der Waals surface area (Å²) in [6.07, 6.45) is -4.08. The van der Waals surface area contributed by atoms with Gasteiger partial charge in [0.2, 0.25) is 5.91 Å². The van der Waals surface area contributed by atoms with Gasteiger partial charge in [-0.1, -0.05) is 0 Å². The third-order valence-corrected chi connectivity index (χ3v) is 4.17. The van der Waals surface area contributed by atoms with Gasteiger partial charge in [-0.25, -0.2) is 0 Å². The number of nitrogens with two attached hydrogens (primary N) is 1. The predicted octanol–water partition coefficient (Wildman–Crippen LogP) is 3.80. The van der Waals surface area contributed by atoms with Gasteiger partial charge in [-0.3, -0.25) is 9.59 Å². The third-order valence-electron chi connectivity index (χ3n) is 3.49. The van der Waals surface area contributed by atoms with Gasteiger partial charge in [-0.05, 0) is 41.6 Å². The van der Waals surface area contributed by atoms with Crippen LogP contribution >= 0.6 is 23.7 Å². The zero-order valence-electron chi connectivity index (χ0n) is 14.1. The van der Waals surface area contributed by atoms with E-state index in [-0.39, 0.29) is 42.5 Å². The molecule has 1 aromatic heterocycles. The fourth-order valence-corrected chi connectivity index (χ4v) is 2.85. The van der Waals surface area contributed by atoms with Gasteiger partial charge in [-0.2, -0.15) is 24.5 Å². The number of amides is 2. The van der Waals surface area contributed by atoms with Gasteiger partial charge in [0.25, 0.3) is 5.91 Å². The minimum absolute atomic E-state index is 0. The molecule has 2 rings (SSSR count). The van der Waals surface area contributed by atoms with Crippen molar-refractivity contribution in [3.05, 3.63) is 51.7 Å². The van der Waals surface area contributed by atoms with E-state index in [9.17, 15) is 22.8 Å².